The lowest BCUT2D eigenvalue weighted by Gasteiger charge is -2.18. The highest BCUT2D eigenvalue weighted by Crippen LogP contribution is 2.29. The standard InChI is InChI=1S/C20H15N3O2/c1-23(15-7-3-2-4-8-15)18-12-17(24)16-9-11-22-19(20(16)25-18)14-6-5-10-21-13-14/h2-13H,1H3. The third kappa shape index (κ3) is 2.76. The first-order valence-electron chi connectivity index (χ1n) is 7.86. The zero-order valence-electron chi connectivity index (χ0n) is 13.6. The van der Waals surface area contributed by atoms with Crippen LogP contribution in [0.1, 0.15) is 0 Å². The number of benzene rings is 1. The minimum atomic E-state index is -0.105. The maximum Gasteiger partial charge on any atom is 0.204 e. The summed E-state index contributed by atoms with van der Waals surface area (Å²) in [6.07, 6.45) is 5.01. The first kappa shape index (κ1) is 15.1. The van der Waals surface area contributed by atoms with Gasteiger partial charge < -0.3 is 9.32 Å². The van der Waals surface area contributed by atoms with Crippen LogP contribution in [0.5, 0.6) is 0 Å². The van der Waals surface area contributed by atoms with Crippen molar-refractivity contribution in [2.45, 2.75) is 0 Å². The van der Waals surface area contributed by atoms with Gasteiger partial charge in [-0.2, -0.15) is 0 Å². The highest BCUT2D eigenvalue weighted by Gasteiger charge is 2.14. The molecule has 3 aromatic heterocycles. The Balaban J connectivity index is 1.93. The SMILES string of the molecule is CN(c1ccccc1)c1cc(=O)c2ccnc(-c3cccnc3)c2o1. The van der Waals surface area contributed by atoms with Gasteiger partial charge in [0.2, 0.25) is 5.88 Å². The predicted molar refractivity (Wildman–Crippen MR) is 98.0 cm³/mol. The quantitative estimate of drug-likeness (QED) is 0.568. The molecule has 0 fully saturated rings. The molecule has 4 aromatic rings. The monoisotopic (exact) mass is 329 g/mol. The molecule has 0 saturated heterocycles. The summed E-state index contributed by atoms with van der Waals surface area (Å²) in [5, 5.41) is 0.499. The second-order valence-corrected chi connectivity index (χ2v) is 5.62. The lowest BCUT2D eigenvalue weighted by Crippen LogP contribution is -2.13. The van der Waals surface area contributed by atoms with E-state index >= 15 is 0 Å². The maximum absolute atomic E-state index is 12.6. The van der Waals surface area contributed by atoms with Gasteiger partial charge >= 0.3 is 0 Å². The van der Waals surface area contributed by atoms with Gasteiger partial charge in [-0.05, 0) is 30.3 Å². The van der Waals surface area contributed by atoms with E-state index in [0.717, 1.165) is 11.3 Å². The topological polar surface area (TPSA) is 59.2 Å². The van der Waals surface area contributed by atoms with Gasteiger partial charge in [0.05, 0.1) is 5.39 Å². The number of rotatable bonds is 3. The molecule has 0 spiro atoms. The molecule has 0 N–H and O–H groups in total. The Morgan fingerprint density at radius 2 is 1.84 bits per heavy atom. The average molecular weight is 329 g/mol. The molecule has 1 aromatic carbocycles. The van der Waals surface area contributed by atoms with Gasteiger partial charge in [0.25, 0.3) is 0 Å². The van der Waals surface area contributed by atoms with E-state index in [1.54, 1.807) is 24.7 Å². The molecule has 0 radical (unpaired) electrons. The van der Waals surface area contributed by atoms with Gasteiger partial charge in [0.15, 0.2) is 11.0 Å². The predicted octanol–water partition coefficient (Wildman–Crippen LogP) is 4.02. The molecular formula is C20H15N3O2. The van der Waals surface area contributed by atoms with Crippen molar-refractivity contribution in [3.05, 3.63) is 83.4 Å². The molecular weight excluding hydrogens is 314 g/mol. The van der Waals surface area contributed by atoms with E-state index < -0.39 is 0 Å². The first-order chi connectivity index (χ1) is 12.2. The van der Waals surface area contributed by atoms with Crippen molar-refractivity contribution < 1.29 is 4.42 Å². The van der Waals surface area contributed by atoms with Crippen LogP contribution in [0.2, 0.25) is 0 Å². The van der Waals surface area contributed by atoms with Crippen LogP contribution in [-0.4, -0.2) is 17.0 Å². The van der Waals surface area contributed by atoms with Crippen molar-refractivity contribution in [3.8, 4) is 11.3 Å². The van der Waals surface area contributed by atoms with Crippen LogP contribution in [0.15, 0.2) is 82.4 Å². The summed E-state index contributed by atoms with van der Waals surface area (Å²) in [6.45, 7) is 0. The number of aromatic nitrogens is 2. The Hall–Kier alpha value is -3.47. The van der Waals surface area contributed by atoms with Gasteiger partial charge in [-0.15, -0.1) is 0 Å². The van der Waals surface area contributed by atoms with Gasteiger partial charge in [0.1, 0.15) is 5.69 Å². The fourth-order valence-corrected chi connectivity index (χ4v) is 2.72. The fourth-order valence-electron chi connectivity index (χ4n) is 2.72. The molecule has 0 amide bonds. The van der Waals surface area contributed by atoms with Crippen molar-refractivity contribution in [2.75, 3.05) is 11.9 Å². The Morgan fingerprint density at radius 1 is 1.00 bits per heavy atom. The van der Waals surface area contributed by atoms with Crippen molar-refractivity contribution >= 4 is 22.5 Å². The average Bonchev–Trinajstić information content (AvgIpc) is 2.68. The largest absolute Gasteiger partial charge is 0.438 e. The molecule has 0 saturated carbocycles. The lowest BCUT2D eigenvalue weighted by molar-refractivity contribution is 0.603. The number of hydrogen-bond acceptors (Lipinski definition) is 5. The van der Waals surface area contributed by atoms with Crippen LogP contribution in [0.25, 0.3) is 22.2 Å². The second kappa shape index (κ2) is 6.20. The molecule has 5 nitrogen and oxygen atoms in total. The van der Waals surface area contributed by atoms with E-state index in [0.29, 0.717) is 22.5 Å². The molecule has 5 heteroatoms. The number of pyridine rings is 2. The summed E-state index contributed by atoms with van der Waals surface area (Å²) in [6, 6.07) is 16.6. The molecule has 0 atom stereocenters. The third-order valence-corrected chi connectivity index (χ3v) is 4.04. The number of anilines is 2. The van der Waals surface area contributed by atoms with E-state index in [1.165, 1.54) is 6.07 Å². The molecule has 4 rings (SSSR count). The second-order valence-electron chi connectivity index (χ2n) is 5.62. The van der Waals surface area contributed by atoms with Gasteiger partial charge in [-0.25, -0.2) is 0 Å². The van der Waals surface area contributed by atoms with Gasteiger partial charge in [0, 0.05) is 43.0 Å². The van der Waals surface area contributed by atoms with E-state index in [-0.39, 0.29) is 5.43 Å². The summed E-state index contributed by atoms with van der Waals surface area (Å²) >= 11 is 0. The summed E-state index contributed by atoms with van der Waals surface area (Å²) in [5.74, 6) is 0.460. The van der Waals surface area contributed by atoms with Gasteiger partial charge in [-0.1, -0.05) is 18.2 Å². The van der Waals surface area contributed by atoms with Crippen molar-refractivity contribution in [1.29, 1.82) is 0 Å². The Bertz CT molecular complexity index is 1080. The van der Waals surface area contributed by atoms with Crippen LogP contribution in [0, 0.1) is 0 Å². The molecule has 0 bridgehead atoms. The van der Waals surface area contributed by atoms with Gasteiger partial charge in [-0.3, -0.25) is 14.8 Å². The smallest absolute Gasteiger partial charge is 0.204 e. The summed E-state index contributed by atoms with van der Waals surface area (Å²) < 4.78 is 6.08. The third-order valence-electron chi connectivity index (χ3n) is 4.04. The highest BCUT2D eigenvalue weighted by atomic mass is 16.4. The van der Waals surface area contributed by atoms with E-state index in [2.05, 4.69) is 9.97 Å². The normalized spacial score (nSPS) is 10.8. The maximum atomic E-state index is 12.6. The molecule has 3 heterocycles. The van der Waals surface area contributed by atoms with E-state index in [4.69, 9.17) is 4.42 Å². The van der Waals surface area contributed by atoms with Crippen LogP contribution < -0.4 is 10.3 Å². The minimum Gasteiger partial charge on any atom is -0.438 e. The van der Waals surface area contributed by atoms with Crippen LogP contribution in [-0.2, 0) is 0 Å². The number of fused-ring (bicyclic) bond motifs is 1. The Morgan fingerprint density at radius 3 is 2.60 bits per heavy atom. The van der Waals surface area contributed by atoms with Crippen molar-refractivity contribution in [1.82, 2.24) is 9.97 Å². The lowest BCUT2D eigenvalue weighted by atomic mass is 10.1. The van der Waals surface area contributed by atoms with Crippen molar-refractivity contribution in [3.63, 3.8) is 0 Å². The number of para-hydroxylation sites is 1. The summed E-state index contributed by atoms with van der Waals surface area (Å²) in [7, 11) is 1.86. The zero-order valence-corrected chi connectivity index (χ0v) is 13.6. The first-order valence-corrected chi connectivity index (χ1v) is 7.86. The Labute approximate surface area is 144 Å². The van der Waals surface area contributed by atoms with Crippen LogP contribution in [0.3, 0.4) is 0 Å². The molecule has 0 unspecified atom stereocenters. The Kier molecular flexibility index (Phi) is 3.74. The van der Waals surface area contributed by atoms with E-state index in [1.807, 2.05) is 54.4 Å². The minimum absolute atomic E-state index is 0.105. The molecule has 0 aliphatic rings. The molecule has 0 aliphatic carbocycles. The molecule has 0 aliphatic heterocycles. The molecule has 122 valence electrons. The fraction of sp³-hybridized carbons (Fsp3) is 0.0500. The van der Waals surface area contributed by atoms with Crippen molar-refractivity contribution in [2.24, 2.45) is 0 Å². The molecule has 25 heavy (non-hydrogen) atoms. The summed E-state index contributed by atoms with van der Waals surface area (Å²) in [4.78, 5) is 22.9. The van der Waals surface area contributed by atoms with E-state index in [9.17, 15) is 4.79 Å². The zero-order chi connectivity index (χ0) is 17.2. The number of hydrogen-bond donors (Lipinski definition) is 0. The summed E-state index contributed by atoms with van der Waals surface area (Å²) in [5.41, 5.74) is 2.69. The van der Waals surface area contributed by atoms with Crippen LogP contribution in [0.4, 0.5) is 11.6 Å². The number of nitrogens with zero attached hydrogens (tertiary/aromatic N) is 3. The van der Waals surface area contributed by atoms with Crippen LogP contribution >= 0.6 is 0 Å². The highest BCUT2D eigenvalue weighted by molar-refractivity contribution is 5.90.